The molecule has 2 bridgehead atoms. The highest BCUT2D eigenvalue weighted by Crippen LogP contribution is 2.63. The van der Waals surface area contributed by atoms with E-state index in [0.29, 0.717) is 5.92 Å². The molecule has 0 amide bonds. The summed E-state index contributed by atoms with van der Waals surface area (Å²) in [5, 5.41) is 3.32. The SMILES string of the molecule is CC12CCC(C1)C(C)(C)C2Nc1nc(NN)ncc1F. The lowest BCUT2D eigenvalue weighted by atomic mass is 9.68. The van der Waals surface area contributed by atoms with Gasteiger partial charge in [0.25, 0.3) is 0 Å². The first-order valence-electron chi connectivity index (χ1n) is 7.12. The molecule has 3 rings (SSSR count). The number of rotatable bonds is 3. The number of nitrogens with two attached hydrogens (primary N) is 1. The number of halogens is 1. The van der Waals surface area contributed by atoms with Crippen LogP contribution in [0.2, 0.25) is 0 Å². The van der Waals surface area contributed by atoms with Gasteiger partial charge < -0.3 is 5.32 Å². The lowest BCUT2D eigenvalue weighted by molar-refractivity contribution is 0.155. The minimum Gasteiger partial charge on any atom is -0.364 e. The van der Waals surface area contributed by atoms with E-state index in [1.165, 1.54) is 19.3 Å². The number of hydrogen-bond donors (Lipinski definition) is 3. The summed E-state index contributed by atoms with van der Waals surface area (Å²) in [5.74, 6) is 6.01. The van der Waals surface area contributed by atoms with Crippen molar-refractivity contribution in [3.05, 3.63) is 12.0 Å². The van der Waals surface area contributed by atoms with Crippen LogP contribution in [0.1, 0.15) is 40.0 Å². The number of hydrogen-bond acceptors (Lipinski definition) is 5. The van der Waals surface area contributed by atoms with E-state index in [4.69, 9.17) is 5.84 Å². The van der Waals surface area contributed by atoms with Gasteiger partial charge >= 0.3 is 0 Å². The molecule has 2 fully saturated rings. The molecule has 0 saturated heterocycles. The van der Waals surface area contributed by atoms with E-state index < -0.39 is 5.82 Å². The van der Waals surface area contributed by atoms with Crippen molar-refractivity contribution in [2.75, 3.05) is 10.7 Å². The first kappa shape index (κ1) is 13.5. The molecule has 6 heteroatoms. The highest BCUT2D eigenvalue weighted by atomic mass is 19.1. The molecule has 0 radical (unpaired) electrons. The molecule has 0 aliphatic heterocycles. The summed E-state index contributed by atoms with van der Waals surface area (Å²) in [7, 11) is 0. The van der Waals surface area contributed by atoms with Crippen LogP contribution in [0.25, 0.3) is 0 Å². The van der Waals surface area contributed by atoms with Crippen molar-refractivity contribution >= 4 is 11.8 Å². The maximum atomic E-state index is 13.9. The summed E-state index contributed by atoms with van der Waals surface area (Å²) >= 11 is 0. The summed E-state index contributed by atoms with van der Waals surface area (Å²) in [6.45, 7) is 6.82. The molecule has 3 unspecified atom stereocenters. The van der Waals surface area contributed by atoms with Gasteiger partial charge in [0, 0.05) is 6.04 Å². The lowest BCUT2D eigenvalue weighted by Crippen LogP contribution is -2.46. The van der Waals surface area contributed by atoms with Gasteiger partial charge in [0.2, 0.25) is 5.95 Å². The average molecular weight is 279 g/mol. The Balaban J connectivity index is 1.91. The molecular weight excluding hydrogens is 257 g/mol. The predicted molar refractivity (Wildman–Crippen MR) is 76.4 cm³/mol. The van der Waals surface area contributed by atoms with Gasteiger partial charge in [-0.3, -0.25) is 5.43 Å². The monoisotopic (exact) mass is 279 g/mol. The number of nitrogens with zero attached hydrogens (tertiary/aromatic N) is 2. The van der Waals surface area contributed by atoms with Gasteiger partial charge in [-0.15, -0.1) is 0 Å². The highest BCUT2D eigenvalue weighted by Gasteiger charge is 2.59. The van der Waals surface area contributed by atoms with Crippen LogP contribution in [-0.2, 0) is 0 Å². The molecule has 1 aromatic heterocycles. The molecule has 0 spiro atoms. The molecule has 0 aromatic carbocycles. The third-order valence-electron chi connectivity index (χ3n) is 5.42. The van der Waals surface area contributed by atoms with Crippen LogP contribution in [0.3, 0.4) is 0 Å². The first-order chi connectivity index (χ1) is 9.37. The minimum atomic E-state index is -0.439. The Bertz CT molecular complexity index is 528. The highest BCUT2D eigenvalue weighted by molar-refractivity contribution is 5.43. The van der Waals surface area contributed by atoms with Crippen molar-refractivity contribution in [2.24, 2.45) is 22.6 Å². The third-order valence-corrected chi connectivity index (χ3v) is 5.42. The number of nitrogens with one attached hydrogen (secondary N) is 2. The Morgan fingerprint density at radius 3 is 2.75 bits per heavy atom. The molecule has 3 atom stereocenters. The molecule has 20 heavy (non-hydrogen) atoms. The van der Waals surface area contributed by atoms with Gasteiger partial charge in [-0.05, 0) is 36.0 Å². The summed E-state index contributed by atoms with van der Waals surface area (Å²) < 4.78 is 13.9. The molecule has 2 aliphatic rings. The summed E-state index contributed by atoms with van der Waals surface area (Å²) in [6.07, 6.45) is 4.80. The van der Waals surface area contributed by atoms with Gasteiger partial charge in [0.15, 0.2) is 11.6 Å². The third kappa shape index (κ3) is 1.85. The first-order valence-corrected chi connectivity index (χ1v) is 7.12. The maximum absolute atomic E-state index is 13.9. The van der Waals surface area contributed by atoms with Gasteiger partial charge in [-0.25, -0.2) is 15.2 Å². The van der Waals surface area contributed by atoms with E-state index >= 15 is 0 Å². The number of nitrogen functional groups attached to an aromatic ring is 1. The van der Waals surface area contributed by atoms with Gasteiger partial charge in [0.1, 0.15) is 0 Å². The number of anilines is 2. The summed E-state index contributed by atoms with van der Waals surface area (Å²) in [5.41, 5.74) is 2.70. The fourth-order valence-corrected chi connectivity index (χ4v) is 4.34. The molecule has 2 aliphatic carbocycles. The quantitative estimate of drug-likeness (QED) is 0.585. The molecular formula is C14H22FN5. The van der Waals surface area contributed by atoms with Crippen LogP contribution in [0.5, 0.6) is 0 Å². The van der Waals surface area contributed by atoms with E-state index in [-0.39, 0.29) is 28.6 Å². The standard InChI is InChI=1S/C14H22FN5/c1-13(2)8-4-5-14(3,6-8)11(13)18-10-9(15)7-17-12(19-10)20-16/h7-8,11H,4-6,16H2,1-3H3,(H2,17,18,19,20). The van der Waals surface area contributed by atoms with Crippen LogP contribution in [-0.4, -0.2) is 16.0 Å². The lowest BCUT2D eigenvalue weighted by Gasteiger charge is -2.43. The van der Waals surface area contributed by atoms with Crippen molar-refractivity contribution in [3.63, 3.8) is 0 Å². The fraction of sp³-hybridized carbons (Fsp3) is 0.714. The second-order valence-corrected chi connectivity index (χ2v) is 7.03. The van der Waals surface area contributed by atoms with Gasteiger partial charge in [-0.1, -0.05) is 20.8 Å². The second kappa shape index (κ2) is 4.28. The topological polar surface area (TPSA) is 75.9 Å². The normalized spacial score (nSPS) is 34.2. The predicted octanol–water partition coefficient (Wildman–Crippen LogP) is 2.53. The van der Waals surface area contributed by atoms with Crippen molar-refractivity contribution in [3.8, 4) is 0 Å². The molecule has 5 nitrogen and oxygen atoms in total. The average Bonchev–Trinajstić information content (AvgIpc) is 2.88. The van der Waals surface area contributed by atoms with Crippen molar-refractivity contribution < 1.29 is 4.39 Å². The van der Waals surface area contributed by atoms with Crippen LogP contribution in [0.15, 0.2) is 6.20 Å². The summed E-state index contributed by atoms with van der Waals surface area (Å²) in [4.78, 5) is 7.87. The molecule has 110 valence electrons. The minimum absolute atomic E-state index is 0.140. The van der Waals surface area contributed by atoms with Gasteiger partial charge in [-0.2, -0.15) is 4.98 Å². The molecule has 2 saturated carbocycles. The Morgan fingerprint density at radius 2 is 2.15 bits per heavy atom. The molecule has 1 aromatic rings. The van der Waals surface area contributed by atoms with Crippen LogP contribution >= 0.6 is 0 Å². The van der Waals surface area contributed by atoms with E-state index in [2.05, 4.69) is 41.5 Å². The van der Waals surface area contributed by atoms with E-state index in [0.717, 1.165) is 6.20 Å². The number of aromatic nitrogens is 2. The van der Waals surface area contributed by atoms with Crippen molar-refractivity contribution in [2.45, 2.75) is 46.1 Å². The van der Waals surface area contributed by atoms with E-state index in [1.54, 1.807) is 0 Å². The van der Waals surface area contributed by atoms with Crippen molar-refractivity contribution in [1.29, 1.82) is 0 Å². The zero-order valence-corrected chi connectivity index (χ0v) is 12.2. The molecule has 4 N–H and O–H groups in total. The zero-order chi connectivity index (χ0) is 14.5. The van der Waals surface area contributed by atoms with Gasteiger partial charge in [0.05, 0.1) is 6.20 Å². The van der Waals surface area contributed by atoms with E-state index in [9.17, 15) is 4.39 Å². The fourth-order valence-electron chi connectivity index (χ4n) is 4.34. The van der Waals surface area contributed by atoms with Crippen molar-refractivity contribution in [1.82, 2.24) is 9.97 Å². The Kier molecular flexibility index (Phi) is 2.90. The van der Waals surface area contributed by atoms with Crippen LogP contribution < -0.4 is 16.6 Å². The Labute approximate surface area is 118 Å². The zero-order valence-electron chi connectivity index (χ0n) is 12.2. The largest absolute Gasteiger partial charge is 0.364 e. The number of fused-ring (bicyclic) bond motifs is 2. The summed E-state index contributed by atoms with van der Waals surface area (Å²) in [6, 6.07) is 0.212. The number of hydrazine groups is 1. The molecule has 1 heterocycles. The maximum Gasteiger partial charge on any atom is 0.239 e. The Hall–Kier alpha value is -1.43. The smallest absolute Gasteiger partial charge is 0.239 e. The van der Waals surface area contributed by atoms with E-state index in [1.807, 2.05) is 0 Å². The second-order valence-electron chi connectivity index (χ2n) is 7.03. The van der Waals surface area contributed by atoms with Crippen LogP contribution in [0.4, 0.5) is 16.2 Å². The van der Waals surface area contributed by atoms with Crippen LogP contribution in [0, 0.1) is 22.6 Å². The Morgan fingerprint density at radius 1 is 1.40 bits per heavy atom.